The van der Waals surface area contributed by atoms with E-state index in [9.17, 15) is 0 Å². The normalized spacial score (nSPS) is 22.9. The second-order valence-electron chi connectivity index (χ2n) is 7.02. The lowest BCUT2D eigenvalue weighted by Gasteiger charge is -2.23. The summed E-state index contributed by atoms with van der Waals surface area (Å²) in [6.45, 7) is 1.52. The van der Waals surface area contributed by atoms with Gasteiger partial charge < -0.3 is 18.9 Å². The fourth-order valence-corrected chi connectivity index (χ4v) is 3.27. The molecule has 28 heavy (non-hydrogen) atoms. The molecule has 0 N–H and O–H groups in total. The Bertz CT molecular complexity index is 718. The van der Waals surface area contributed by atoms with Crippen LogP contribution in [0, 0.1) is 0 Å². The summed E-state index contributed by atoms with van der Waals surface area (Å²) < 4.78 is 23.0. The quantitative estimate of drug-likeness (QED) is 0.582. The van der Waals surface area contributed by atoms with Crippen LogP contribution in [0.15, 0.2) is 58.8 Å². The first-order valence-electron chi connectivity index (χ1n) is 10.0. The molecule has 0 aromatic heterocycles. The first-order valence-corrected chi connectivity index (χ1v) is 10.0. The Balaban J connectivity index is 1.38. The van der Waals surface area contributed by atoms with E-state index in [-0.39, 0.29) is 12.6 Å². The fraction of sp³-hybridized carbons (Fsp3) is 0.455. The Morgan fingerprint density at radius 2 is 1.18 bits per heavy atom. The highest BCUT2D eigenvalue weighted by atomic mass is 16.7. The molecule has 2 aliphatic rings. The van der Waals surface area contributed by atoms with Crippen molar-refractivity contribution in [2.24, 2.45) is 10.2 Å². The van der Waals surface area contributed by atoms with Crippen LogP contribution in [-0.2, 0) is 9.47 Å². The van der Waals surface area contributed by atoms with Gasteiger partial charge in [0.1, 0.15) is 11.5 Å². The largest absolute Gasteiger partial charge is 0.465 e. The van der Waals surface area contributed by atoms with E-state index in [1.807, 2.05) is 48.5 Å². The molecule has 2 unspecified atom stereocenters. The molecule has 2 aliphatic heterocycles. The van der Waals surface area contributed by atoms with Crippen LogP contribution in [0.4, 0.5) is 11.4 Å². The van der Waals surface area contributed by atoms with Crippen molar-refractivity contribution in [3.8, 4) is 11.5 Å². The standard InChI is InChI=1S/C22H26N2O4/c1-3-13-25-21(11-1)27-19-9-5-7-17(15-19)23-24-18-8-6-10-20(16-18)28-22-12-2-4-14-26-22/h5-10,15-16,21-22H,1-4,11-14H2. The highest BCUT2D eigenvalue weighted by Gasteiger charge is 2.16. The molecular weight excluding hydrogens is 356 g/mol. The molecule has 148 valence electrons. The zero-order valence-corrected chi connectivity index (χ0v) is 16.0. The van der Waals surface area contributed by atoms with Gasteiger partial charge in [0.2, 0.25) is 0 Å². The minimum atomic E-state index is -0.170. The summed E-state index contributed by atoms with van der Waals surface area (Å²) in [7, 11) is 0. The van der Waals surface area contributed by atoms with Crippen LogP contribution in [0.1, 0.15) is 38.5 Å². The first-order chi connectivity index (χ1) is 13.8. The lowest BCUT2D eigenvalue weighted by molar-refractivity contribution is -0.106. The summed E-state index contributed by atoms with van der Waals surface area (Å²) in [5, 5.41) is 8.67. The molecule has 2 aromatic carbocycles. The SMILES string of the molecule is c1cc(N=Nc2cccc(OC3CCCCO3)c2)cc(OC2CCCCO2)c1. The minimum Gasteiger partial charge on any atom is -0.465 e. The van der Waals surface area contributed by atoms with Gasteiger partial charge >= 0.3 is 0 Å². The maximum atomic E-state index is 5.89. The van der Waals surface area contributed by atoms with Crippen LogP contribution in [0.2, 0.25) is 0 Å². The number of rotatable bonds is 6. The Morgan fingerprint density at radius 3 is 1.61 bits per heavy atom. The topological polar surface area (TPSA) is 61.6 Å². The van der Waals surface area contributed by atoms with Gasteiger partial charge in [-0.2, -0.15) is 10.2 Å². The molecular formula is C22H26N2O4. The van der Waals surface area contributed by atoms with Crippen molar-refractivity contribution in [3.63, 3.8) is 0 Å². The van der Waals surface area contributed by atoms with Gasteiger partial charge in [0.25, 0.3) is 0 Å². The van der Waals surface area contributed by atoms with Gasteiger partial charge in [0, 0.05) is 25.0 Å². The van der Waals surface area contributed by atoms with Crippen molar-refractivity contribution >= 4 is 11.4 Å². The average molecular weight is 382 g/mol. The molecule has 0 saturated carbocycles. The van der Waals surface area contributed by atoms with E-state index in [0.717, 1.165) is 74.6 Å². The monoisotopic (exact) mass is 382 g/mol. The molecule has 2 heterocycles. The second-order valence-corrected chi connectivity index (χ2v) is 7.02. The summed E-state index contributed by atoms with van der Waals surface area (Å²) in [6, 6.07) is 15.2. The predicted molar refractivity (Wildman–Crippen MR) is 105 cm³/mol. The van der Waals surface area contributed by atoms with E-state index >= 15 is 0 Å². The van der Waals surface area contributed by atoms with Crippen LogP contribution < -0.4 is 9.47 Å². The van der Waals surface area contributed by atoms with Crippen LogP contribution in [-0.4, -0.2) is 25.8 Å². The summed E-state index contributed by atoms with van der Waals surface area (Å²) in [5.74, 6) is 1.49. The molecule has 2 saturated heterocycles. The maximum Gasteiger partial charge on any atom is 0.199 e. The second kappa shape index (κ2) is 9.66. The number of benzene rings is 2. The molecule has 2 aromatic rings. The Kier molecular flexibility index (Phi) is 6.52. The Hall–Kier alpha value is -2.44. The molecule has 0 amide bonds. The lowest BCUT2D eigenvalue weighted by Crippen LogP contribution is -2.24. The smallest absolute Gasteiger partial charge is 0.199 e. The molecule has 4 rings (SSSR count). The molecule has 6 heteroatoms. The molecule has 0 aliphatic carbocycles. The minimum absolute atomic E-state index is 0.170. The van der Waals surface area contributed by atoms with Crippen molar-refractivity contribution in [2.75, 3.05) is 13.2 Å². The van der Waals surface area contributed by atoms with E-state index < -0.39 is 0 Å². The lowest BCUT2D eigenvalue weighted by atomic mass is 10.2. The highest BCUT2D eigenvalue weighted by molar-refractivity contribution is 5.46. The van der Waals surface area contributed by atoms with Gasteiger partial charge in [0.05, 0.1) is 24.6 Å². The number of hydrogen-bond acceptors (Lipinski definition) is 6. The summed E-state index contributed by atoms with van der Waals surface area (Å²) in [6.07, 6.45) is 5.97. The number of hydrogen-bond donors (Lipinski definition) is 0. The Labute approximate surface area is 165 Å². The zero-order chi connectivity index (χ0) is 19.0. The van der Waals surface area contributed by atoms with E-state index in [0.29, 0.717) is 0 Å². The third-order valence-electron chi connectivity index (χ3n) is 4.73. The van der Waals surface area contributed by atoms with Gasteiger partial charge in [-0.3, -0.25) is 0 Å². The van der Waals surface area contributed by atoms with Crippen LogP contribution >= 0.6 is 0 Å². The van der Waals surface area contributed by atoms with E-state index in [2.05, 4.69) is 10.2 Å². The summed E-state index contributed by atoms with van der Waals surface area (Å²) in [4.78, 5) is 0. The summed E-state index contributed by atoms with van der Waals surface area (Å²) >= 11 is 0. The van der Waals surface area contributed by atoms with Crippen LogP contribution in [0.25, 0.3) is 0 Å². The van der Waals surface area contributed by atoms with Crippen molar-refractivity contribution in [1.82, 2.24) is 0 Å². The Morgan fingerprint density at radius 1 is 0.679 bits per heavy atom. The van der Waals surface area contributed by atoms with Gasteiger partial charge in [-0.15, -0.1) is 0 Å². The van der Waals surface area contributed by atoms with Crippen LogP contribution in [0.5, 0.6) is 11.5 Å². The number of nitrogens with zero attached hydrogens (tertiary/aromatic N) is 2. The molecule has 0 spiro atoms. The van der Waals surface area contributed by atoms with E-state index in [4.69, 9.17) is 18.9 Å². The predicted octanol–water partition coefficient (Wildman–Crippen LogP) is 5.91. The number of azo groups is 1. The fourth-order valence-electron chi connectivity index (χ4n) is 3.27. The van der Waals surface area contributed by atoms with Crippen molar-refractivity contribution in [1.29, 1.82) is 0 Å². The van der Waals surface area contributed by atoms with Gasteiger partial charge in [-0.25, -0.2) is 0 Å². The van der Waals surface area contributed by atoms with Crippen molar-refractivity contribution in [3.05, 3.63) is 48.5 Å². The van der Waals surface area contributed by atoms with Gasteiger partial charge in [-0.1, -0.05) is 12.1 Å². The molecule has 0 radical (unpaired) electrons. The van der Waals surface area contributed by atoms with Crippen molar-refractivity contribution < 1.29 is 18.9 Å². The third kappa shape index (κ3) is 5.53. The molecule has 2 atom stereocenters. The van der Waals surface area contributed by atoms with Crippen LogP contribution in [0.3, 0.4) is 0 Å². The third-order valence-corrected chi connectivity index (χ3v) is 4.73. The van der Waals surface area contributed by atoms with Gasteiger partial charge in [-0.05, 0) is 49.9 Å². The molecule has 0 bridgehead atoms. The van der Waals surface area contributed by atoms with E-state index in [1.54, 1.807) is 0 Å². The maximum absolute atomic E-state index is 5.89. The highest BCUT2D eigenvalue weighted by Crippen LogP contribution is 2.27. The van der Waals surface area contributed by atoms with Crippen molar-refractivity contribution in [2.45, 2.75) is 51.1 Å². The molecule has 2 fully saturated rings. The number of ether oxygens (including phenoxy) is 4. The summed E-state index contributed by atoms with van der Waals surface area (Å²) in [5.41, 5.74) is 1.46. The molecule has 6 nitrogen and oxygen atoms in total. The zero-order valence-electron chi connectivity index (χ0n) is 16.0. The van der Waals surface area contributed by atoms with E-state index in [1.165, 1.54) is 0 Å². The first kappa shape index (κ1) is 18.9. The average Bonchev–Trinajstić information content (AvgIpc) is 2.74. The van der Waals surface area contributed by atoms with Gasteiger partial charge in [0.15, 0.2) is 12.6 Å².